The number of halogens is 1. The van der Waals surface area contributed by atoms with E-state index in [1.54, 1.807) is 0 Å². The van der Waals surface area contributed by atoms with Crippen molar-refractivity contribution in [2.24, 2.45) is 5.73 Å². The van der Waals surface area contributed by atoms with Crippen LogP contribution in [0.1, 0.15) is 23.1 Å². The Hall–Kier alpha value is -1.39. The van der Waals surface area contributed by atoms with E-state index in [4.69, 9.17) is 5.73 Å². The summed E-state index contributed by atoms with van der Waals surface area (Å²) in [7, 11) is 0. The number of anilines is 2. The Kier molecular flexibility index (Phi) is 3.76. The monoisotopic (exact) mass is 331 g/mol. The van der Waals surface area contributed by atoms with Crippen molar-refractivity contribution in [2.75, 3.05) is 11.4 Å². The molecular weight excluding hydrogens is 314 g/mol. The third kappa shape index (κ3) is 2.45. The van der Waals surface area contributed by atoms with Crippen molar-refractivity contribution in [3.05, 3.63) is 51.6 Å². The minimum Gasteiger partial charge on any atom is -0.326 e. The molecule has 0 unspecified atom stereocenters. The molecule has 3 rings (SSSR count). The summed E-state index contributed by atoms with van der Waals surface area (Å²) in [6, 6.07) is 8.71. The second kappa shape index (κ2) is 5.54. The Morgan fingerprint density at radius 3 is 3.00 bits per heavy atom. The van der Waals surface area contributed by atoms with E-state index >= 15 is 0 Å². The third-order valence-corrected chi connectivity index (χ3v) is 4.17. The van der Waals surface area contributed by atoms with Crippen LogP contribution < -0.4 is 10.6 Å². The second-order valence-corrected chi connectivity index (χ2v) is 6.14. The van der Waals surface area contributed by atoms with E-state index in [1.807, 2.05) is 6.20 Å². The Labute approximate surface area is 127 Å². The van der Waals surface area contributed by atoms with Crippen LogP contribution in [0.15, 0.2) is 34.9 Å². The average Bonchev–Trinajstić information content (AvgIpc) is 2.46. The second-order valence-electron chi connectivity index (χ2n) is 5.23. The average molecular weight is 332 g/mol. The predicted octanol–water partition coefficient (Wildman–Crippen LogP) is 3.70. The van der Waals surface area contributed by atoms with Gasteiger partial charge < -0.3 is 10.6 Å². The molecule has 0 amide bonds. The van der Waals surface area contributed by atoms with Crippen LogP contribution in [0.4, 0.5) is 11.5 Å². The normalized spacial score (nSPS) is 14.2. The highest BCUT2D eigenvalue weighted by molar-refractivity contribution is 9.10. The van der Waals surface area contributed by atoms with Gasteiger partial charge in [-0.1, -0.05) is 17.7 Å². The molecule has 0 atom stereocenters. The minimum absolute atomic E-state index is 0.499. The molecule has 1 aromatic carbocycles. The van der Waals surface area contributed by atoms with E-state index in [0.717, 1.165) is 35.2 Å². The van der Waals surface area contributed by atoms with Crippen molar-refractivity contribution in [2.45, 2.75) is 26.3 Å². The fourth-order valence-corrected chi connectivity index (χ4v) is 3.19. The molecule has 2 heterocycles. The van der Waals surface area contributed by atoms with Crippen molar-refractivity contribution in [3.63, 3.8) is 0 Å². The Bertz CT molecular complexity index is 640. The Morgan fingerprint density at radius 2 is 2.20 bits per heavy atom. The molecule has 104 valence electrons. The number of nitrogens with zero attached hydrogens (tertiary/aromatic N) is 2. The zero-order valence-electron chi connectivity index (χ0n) is 11.6. The number of benzene rings is 1. The minimum atomic E-state index is 0.499. The summed E-state index contributed by atoms with van der Waals surface area (Å²) in [6.45, 7) is 3.64. The molecule has 0 saturated carbocycles. The van der Waals surface area contributed by atoms with E-state index < -0.39 is 0 Å². The van der Waals surface area contributed by atoms with Crippen molar-refractivity contribution in [1.82, 2.24) is 4.98 Å². The number of rotatable bonds is 2. The van der Waals surface area contributed by atoms with Crippen LogP contribution in [0.2, 0.25) is 0 Å². The van der Waals surface area contributed by atoms with Gasteiger partial charge in [-0.05, 0) is 53.4 Å². The molecule has 0 spiro atoms. The van der Waals surface area contributed by atoms with Gasteiger partial charge >= 0.3 is 0 Å². The standard InChI is InChI=1S/C16H18BrN3/c1-11-4-5-15-12(7-11)3-2-6-20(15)16-13(9-18)8-14(17)10-19-16/h4-5,7-8,10H,2-3,6,9,18H2,1H3. The first-order valence-corrected chi connectivity index (χ1v) is 7.70. The summed E-state index contributed by atoms with van der Waals surface area (Å²) in [5.41, 5.74) is 10.9. The van der Waals surface area contributed by atoms with Crippen LogP contribution in [-0.4, -0.2) is 11.5 Å². The molecule has 0 aliphatic carbocycles. The van der Waals surface area contributed by atoms with Crippen LogP contribution in [0, 0.1) is 6.92 Å². The highest BCUT2D eigenvalue weighted by Gasteiger charge is 2.21. The summed E-state index contributed by atoms with van der Waals surface area (Å²) in [4.78, 5) is 6.89. The van der Waals surface area contributed by atoms with E-state index in [-0.39, 0.29) is 0 Å². The zero-order valence-corrected chi connectivity index (χ0v) is 13.2. The number of nitrogens with two attached hydrogens (primary N) is 1. The number of aryl methyl sites for hydroxylation is 2. The number of hydrogen-bond donors (Lipinski definition) is 1. The van der Waals surface area contributed by atoms with Crippen LogP contribution in [0.25, 0.3) is 0 Å². The number of hydrogen-bond acceptors (Lipinski definition) is 3. The lowest BCUT2D eigenvalue weighted by Gasteiger charge is -2.32. The fraction of sp³-hybridized carbons (Fsp3) is 0.312. The molecule has 2 aromatic rings. The van der Waals surface area contributed by atoms with Crippen molar-refractivity contribution in [1.29, 1.82) is 0 Å². The van der Waals surface area contributed by atoms with Gasteiger partial charge in [-0.25, -0.2) is 4.98 Å². The van der Waals surface area contributed by atoms with Crippen LogP contribution in [0.5, 0.6) is 0 Å². The van der Waals surface area contributed by atoms with E-state index in [9.17, 15) is 0 Å². The van der Waals surface area contributed by atoms with Gasteiger partial charge in [0, 0.05) is 35.0 Å². The number of pyridine rings is 1. The highest BCUT2D eigenvalue weighted by atomic mass is 79.9. The molecule has 0 bridgehead atoms. The lowest BCUT2D eigenvalue weighted by atomic mass is 9.99. The number of fused-ring (bicyclic) bond motifs is 1. The maximum Gasteiger partial charge on any atom is 0.137 e. The van der Waals surface area contributed by atoms with E-state index in [1.165, 1.54) is 16.8 Å². The van der Waals surface area contributed by atoms with Crippen molar-refractivity contribution in [3.8, 4) is 0 Å². The molecule has 4 heteroatoms. The summed E-state index contributed by atoms with van der Waals surface area (Å²) in [5.74, 6) is 0.987. The Balaban J connectivity index is 2.09. The number of aromatic nitrogens is 1. The van der Waals surface area contributed by atoms with Gasteiger partial charge in [0.25, 0.3) is 0 Å². The van der Waals surface area contributed by atoms with Crippen LogP contribution >= 0.6 is 15.9 Å². The lowest BCUT2D eigenvalue weighted by molar-refractivity contribution is 0.754. The van der Waals surface area contributed by atoms with Gasteiger partial charge in [-0.2, -0.15) is 0 Å². The third-order valence-electron chi connectivity index (χ3n) is 3.74. The molecule has 0 fully saturated rings. The van der Waals surface area contributed by atoms with Crippen LogP contribution in [0.3, 0.4) is 0 Å². The molecule has 1 aliphatic rings. The predicted molar refractivity (Wildman–Crippen MR) is 86.3 cm³/mol. The molecule has 1 aliphatic heterocycles. The molecule has 20 heavy (non-hydrogen) atoms. The van der Waals surface area contributed by atoms with Crippen LogP contribution in [-0.2, 0) is 13.0 Å². The smallest absolute Gasteiger partial charge is 0.137 e. The summed E-state index contributed by atoms with van der Waals surface area (Å²) >= 11 is 3.47. The quantitative estimate of drug-likeness (QED) is 0.912. The van der Waals surface area contributed by atoms with Crippen molar-refractivity contribution >= 4 is 27.4 Å². The maximum atomic E-state index is 5.88. The fourth-order valence-electron chi connectivity index (χ4n) is 2.81. The van der Waals surface area contributed by atoms with Gasteiger partial charge in [0.1, 0.15) is 5.82 Å². The summed E-state index contributed by atoms with van der Waals surface area (Å²) in [5, 5.41) is 0. The molecular formula is C16H18BrN3. The van der Waals surface area contributed by atoms with Gasteiger partial charge in [0.2, 0.25) is 0 Å². The van der Waals surface area contributed by atoms with E-state index in [2.05, 4.69) is 57.0 Å². The Morgan fingerprint density at radius 1 is 1.35 bits per heavy atom. The topological polar surface area (TPSA) is 42.2 Å². The molecule has 2 N–H and O–H groups in total. The molecule has 1 aromatic heterocycles. The maximum absolute atomic E-state index is 5.88. The van der Waals surface area contributed by atoms with Gasteiger partial charge in [-0.3, -0.25) is 0 Å². The molecule has 0 saturated heterocycles. The van der Waals surface area contributed by atoms with Gasteiger partial charge in [-0.15, -0.1) is 0 Å². The molecule has 0 radical (unpaired) electrons. The zero-order chi connectivity index (χ0) is 14.1. The summed E-state index contributed by atoms with van der Waals surface area (Å²) < 4.78 is 0.975. The van der Waals surface area contributed by atoms with Crippen molar-refractivity contribution < 1.29 is 0 Å². The summed E-state index contributed by atoms with van der Waals surface area (Å²) in [6.07, 6.45) is 4.14. The largest absolute Gasteiger partial charge is 0.326 e. The highest BCUT2D eigenvalue weighted by Crippen LogP contribution is 2.35. The molecule has 3 nitrogen and oxygen atoms in total. The van der Waals surface area contributed by atoms with Gasteiger partial charge in [0.05, 0.1) is 0 Å². The van der Waals surface area contributed by atoms with E-state index in [0.29, 0.717) is 6.54 Å². The SMILES string of the molecule is Cc1ccc2c(c1)CCCN2c1ncc(Br)cc1CN. The first-order valence-electron chi connectivity index (χ1n) is 6.90. The van der Waals surface area contributed by atoms with Gasteiger partial charge in [0.15, 0.2) is 0 Å². The first-order chi connectivity index (χ1) is 9.69. The lowest BCUT2D eigenvalue weighted by Crippen LogP contribution is -2.26. The first kappa shape index (κ1) is 13.6.